The predicted octanol–water partition coefficient (Wildman–Crippen LogP) is 3.32. The molecule has 1 nitrogen and oxygen atoms in total. The molecule has 0 aliphatic carbocycles. The van der Waals surface area contributed by atoms with E-state index in [2.05, 4.69) is 20.9 Å². The standard InChI is InChI=1S/C6H4BrCl2N/c7-5-3-10-2-1-4(5)6(8)9/h1-3,6H. The van der Waals surface area contributed by atoms with Crippen LogP contribution in [0.25, 0.3) is 0 Å². The van der Waals surface area contributed by atoms with E-state index in [1.807, 2.05) is 0 Å². The molecule has 0 N–H and O–H groups in total. The zero-order valence-corrected chi connectivity index (χ0v) is 7.99. The van der Waals surface area contributed by atoms with Crippen molar-refractivity contribution in [1.82, 2.24) is 4.98 Å². The van der Waals surface area contributed by atoms with Crippen LogP contribution in [-0.2, 0) is 0 Å². The van der Waals surface area contributed by atoms with Gasteiger partial charge in [0.15, 0.2) is 0 Å². The van der Waals surface area contributed by atoms with E-state index in [0.717, 1.165) is 10.0 Å². The van der Waals surface area contributed by atoms with Gasteiger partial charge in [-0.25, -0.2) is 0 Å². The van der Waals surface area contributed by atoms with E-state index < -0.39 is 4.84 Å². The molecule has 0 saturated heterocycles. The number of pyridine rings is 1. The van der Waals surface area contributed by atoms with Crippen LogP contribution in [0.3, 0.4) is 0 Å². The van der Waals surface area contributed by atoms with Crippen LogP contribution in [0.2, 0.25) is 0 Å². The number of nitrogens with zero attached hydrogens (tertiary/aromatic N) is 1. The smallest absolute Gasteiger partial charge is 0.134 e. The molecule has 54 valence electrons. The highest BCUT2D eigenvalue weighted by Gasteiger charge is 2.05. The highest BCUT2D eigenvalue weighted by Crippen LogP contribution is 2.29. The molecule has 0 aliphatic rings. The summed E-state index contributed by atoms with van der Waals surface area (Å²) in [5, 5.41) is 0. The second-order valence-corrected chi connectivity index (χ2v) is 3.65. The molecule has 0 fully saturated rings. The molecule has 0 aliphatic heterocycles. The summed E-state index contributed by atoms with van der Waals surface area (Å²) >= 11 is 14.5. The van der Waals surface area contributed by atoms with Gasteiger partial charge in [-0.1, -0.05) is 0 Å². The Labute approximate surface area is 77.5 Å². The van der Waals surface area contributed by atoms with Crippen molar-refractivity contribution in [1.29, 1.82) is 0 Å². The molecular formula is C6H4BrCl2N. The maximum atomic E-state index is 5.62. The van der Waals surface area contributed by atoms with E-state index in [0.29, 0.717) is 0 Å². The molecular weight excluding hydrogens is 237 g/mol. The summed E-state index contributed by atoms with van der Waals surface area (Å²) in [6, 6.07) is 1.77. The van der Waals surface area contributed by atoms with Gasteiger partial charge in [-0.3, -0.25) is 4.98 Å². The average Bonchev–Trinajstić information content (AvgIpc) is 1.88. The van der Waals surface area contributed by atoms with Gasteiger partial charge in [0.2, 0.25) is 0 Å². The minimum absolute atomic E-state index is 0.489. The number of hydrogen-bond donors (Lipinski definition) is 0. The lowest BCUT2D eigenvalue weighted by Crippen LogP contribution is -1.83. The first-order valence-corrected chi connectivity index (χ1v) is 4.26. The fourth-order valence-electron chi connectivity index (χ4n) is 0.563. The molecule has 1 aromatic heterocycles. The molecule has 0 radical (unpaired) electrons. The van der Waals surface area contributed by atoms with E-state index in [4.69, 9.17) is 23.2 Å². The normalized spacial score (nSPS) is 10.4. The van der Waals surface area contributed by atoms with Gasteiger partial charge in [0, 0.05) is 22.4 Å². The first kappa shape index (κ1) is 8.31. The van der Waals surface area contributed by atoms with Crippen molar-refractivity contribution in [3.8, 4) is 0 Å². The molecule has 0 bridgehead atoms. The minimum atomic E-state index is -0.489. The van der Waals surface area contributed by atoms with Crippen molar-refractivity contribution in [3.05, 3.63) is 28.5 Å². The van der Waals surface area contributed by atoms with Crippen LogP contribution in [0.1, 0.15) is 10.4 Å². The molecule has 0 atom stereocenters. The van der Waals surface area contributed by atoms with Gasteiger partial charge in [0.1, 0.15) is 4.84 Å². The Bertz CT molecular complexity index is 227. The molecule has 10 heavy (non-hydrogen) atoms. The molecule has 0 spiro atoms. The Morgan fingerprint density at radius 3 is 2.60 bits per heavy atom. The Balaban J connectivity index is 3.03. The summed E-state index contributed by atoms with van der Waals surface area (Å²) in [7, 11) is 0. The average molecular weight is 241 g/mol. The van der Waals surface area contributed by atoms with Crippen molar-refractivity contribution in [2.45, 2.75) is 4.84 Å². The first-order chi connectivity index (χ1) is 4.72. The van der Waals surface area contributed by atoms with Crippen LogP contribution < -0.4 is 0 Å². The summed E-state index contributed by atoms with van der Waals surface area (Å²) in [6.45, 7) is 0. The largest absolute Gasteiger partial charge is 0.264 e. The number of rotatable bonds is 1. The zero-order chi connectivity index (χ0) is 7.56. The Hall–Kier alpha value is 0.210. The third-order valence-electron chi connectivity index (χ3n) is 1.04. The lowest BCUT2D eigenvalue weighted by atomic mass is 10.3. The Kier molecular flexibility index (Phi) is 2.96. The number of alkyl halides is 2. The first-order valence-electron chi connectivity index (χ1n) is 2.59. The molecule has 0 amide bonds. The van der Waals surface area contributed by atoms with Gasteiger partial charge >= 0.3 is 0 Å². The summed E-state index contributed by atoms with van der Waals surface area (Å²) in [5.41, 5.74) is 0.846. The fourth-order valence-corrected chi connectivity index (χ4v) is 1.69. The third kappa shape index (κ3) is 1.84. The zero-order valence-electron chi connectivity index (χ0n) is 4.89. The second kappa shape index (κ2) is 3.56. The van der Waals surface area contributed by atoms with Gasteiger partial charge < -0.3 is 0 Å². The second-order valence-electron chi connectivity index (χ2n) is 1.70. The topological polar surface area (TPSA) is 12.9 Å². The molecule has 0 aromatic carbocycles. The van der Waals surface area contributed by atoms with Gasteiger partial charge in [-0.05, 0) is 22.0 Å². The maximum absolute atomic E-state index is 5.62. The van der Waals surface area contributed by atoms with Gasteiger partial charge in [-0.15, -0.1) is 23.2 Å². The van der Waals surface area contributed by atoms with Crippen molar-refractivity contribution in [2.24, 2.45) is 0 Å². The summed E-state index contributed by atoms with van der Waals surface area (Å²) in [4.78, 5) is 3.37. The lowest BCUT2D eigenvalue weighted by Gasteiger charge is -2.01. The van der Waals surface area contributed by atoms with Gasteiger partial charge in [-0.2, -0.15) is 0 Å². The third-order valence-corrected chi connectivity index (χ3v) is 2.17. The van der Waals surface area contributed by atoms with Crippen molar-refractivity contribution in [3.63, 3.8) is 0 Å². The van der Waals surface area contributed by atoms with E-state index >= 15 is 0 Å². The van der Waals surface area contributed by atoms with Crippen molar-refractivity contribution >= 4 is 39.1 Å². The van der Waals surface area contributed by atoms with Crippen molar-refractivity contribution < 1.29 is 0 Å². The van der Waals surface area contributed by atoms with Crippen LogP contribution in [0.4, 0.5) is 0 Å². The van der Waals surface area contributed by atoms with Gasteiger partial charge in [0.05, 0.1) is 0 Å². The van der Waals surface area contributed by atoms with E-state index in [-0.39, 0.29) is 0 Å². The SMILES string of the molecule is ClC(Cl)c1ccncc1Br. The minimum Gasteiger partial charge on any atom is -0.264 e. The summed E-state index contributed by atoms with van der Waals surface area (Å²) in [6.07, 6.45) is 3.31. The van der Waals surface area contributed by atoms with Crippen LogP contribution in [0.15, 0.2) is 22.9 Å². The van der Waals surface area contributed by atoms with E-state index in [9.17, 15) is 0 Å². The van der Waals surface area contributed by atoms with Gasteiger partial charge in [0.25, 0.3) is 0 Å². The van der Waals surface area contributed by atoms with Crippen molar-refractivity contribution in [2.75, 3.05) is 0 Å². The highest BCUT2D eigenvalue weighted by atomic mass is 79.9. The van der Waals surface area contributed by atoms with E-state index in [1.165, 1.54) is 0 Å². The van der Waals surface area contributed by atoms with Crippen LogP contribution >= 0.6 is 39.1 Å². The number of hydrogen-bond acceptors (Lipinski definition) is 1. The number of halogens is 3. The Morgan fingerprint density at radius 1 is 1.50 bits per heavy atom. The summed E-state index contributed by atoms with van der Waals surface area (Å²) in [5.74, 6) is 0. The van der Waals surface area contributed by atoms with Crippen LogP contribution in [-0.4, -0.2) is 4.98 Å². The quantitative estimate of drug-likeness (QED) is 0.687. The molecule has 0 saturated carbocycles. The summed E-state index contributed by atoms with van der Waals surface area (Å²) < 4.78 is 0.838. The lowest BCUT2D eigenvalue weighted by molar-refractivity contribution is 1.22. The molecule has 4 heteroatoms. The van der Waals surface area contributed by atoms with Crippen LogP contribution in [0.5, 0.6) is 0 Å². The van der Waals surface area contributed by atoms with E-state index in [1.54, 1.807) is 18.5 Å². The Morgan fingerprint density at radius 2 is 2.20 bits per heavy atom. The fraction of sp³-hybridized carbons (Fsp3) is 0.167. The van der Waals surface area contributed by atoms with Crippen LogP contribution in [0, 0.1) is 0 Å². The highest BCUT2D eigenvalue weighted by molar-refractivity contribution is 9.10. The molecule has 1 rings (SSSR count). The molecule has 1 aromatic rings. The molecule has 0 unspecified atom stereocenters. The molecule has 1 heterocycles. The maximum Gasteiger partial charge on any atom is 0.134 e. The monoisotopic (exact) mass is 239 g/mol. The predicted molar refractivity (Wildman–Crippen MR) is 46.4 cm³/mol. The number of aromatic nitrogens is 1.